The number of amides is 1. The van der Waals surface area contributed by atoms with Crippen LogP contribution in [-0.2, 0) is 4.79 Å². The van der Waals surface area contributed by atoms with Crippen LogP contribution < -0.4 is 0 Å². The lowest BCUT2D eigenvalue weighted by atomic mass is 9.95. The van der Waals surface area contributed by atoms with Crippen molar-refractivity contribution in [2.45, 2.75) is 33.0 Å². The smallest absolute Gasteiger partial charge is 0.228 e. The summed E-state index contributed by atoms with van der Waals surface area (Å²) in [6.45, 7) is 5.97. The third-order valence-corrected chi connectivity index (χ3v) is 2.19. The summed E-state index contributed by atoms with van der Waals surface area (Å²) in [4.78, 5) is 13.2. The van der Waals surface area contributed by atoms with Gasteiger partial charge in [-0.3, -0.25) is 4.79 Å². The molecule has 4 heteroatoms. The fraction of sp³-hybridized carbons (Fsp3) is 0.889. The molecule has 1 aliphatic rings. The van der Waals surface area contributed by atoms with Gasteiger partial charge in [0.25, 0.3) is 0 Å². The molecule has 1 aliphatic heterocycles. The van der Waals surface area contributed by atoms with Crippen LogP contribution >= 0.6 is 0 Å². The minimum atomic E-state index is -0.786. The van der Waals surface area contributed by atoms with Crippen molar-refractivity contribution < 1.29 is 15.0 Å². The fourth-order valence-electron chi connectivity index (χ4n) is 1.41. The molecule has 76 valence electrons. The molecule has 0 bridgehead atoms. The predicted octanol–water partition coefficient (Wildman–Crippen LogP) is -0.404. The first-order chi connectivity index (χ1) is 5.82. The Bertz CT molecular complexity index is 199. The second-order valence-electron chi connectivity index (χ2n) is 4.59. The molecular formula is C9H17NO3. The molecule has 1 fully saturated rings. The van der Waals surface area contributed by atoms with Crippen molar-refractivity contribution >= 4 is 5.91 Å². The van der Waals surface area contributed by atoms with Crippen molar-refractivity contribution in [1.82, 2.24) is 4.90 Å². The molecule has 0 aromatic rings. The van der Waals surface area contributed by atoms with Crippen LogP contribution in [0.5, 0.6) is 0 Å². The standard InChI is InChI=1S/C9H17NO3/c1-9(2,3)8(13)10-4-6(11)7(12)5-10/h6-7,11-12H,4-5H2,1-3H3/t6-,7-/m0/s1. The number of carbonyl (C=O) groups excluding carboxylic acids is 1. The number of β-amino-alcohol motifs (C(OH)–C–C–N with tert-alkyl or cyclic N) is 2. The van der Waals surface area contributed by atoms with Crippen LogP contribution in [0.3, 0.4) is 0 Å². The van der Waals surface area contributed by atoms with Gasteiger partial charge in [-0.25, -0.2) is 0 Å². The van der Waals surface area contributed by atoms with Crippen LogP contribution in [-0.4, -0.2) is 46.3 Å². The number of hydrogen-bond acceptors (Lipinski definition) is 3. The van der Waals surface area contributed by atoms with Crippen LogP contribution in [0.4, 0.5) is 0 Å². The van der Waals surface area contributed by atoms with Gasteiger partial charge in [0.2, 0.25) is 5.91 Å². The summed E-state index contributed by atoms with van der Waals surface area (Å²) in [6.07, 6.45) is -1.57. The van der Waals surface area contributed by atoms with Crippen LogP contribution in [0.2, 0.25) is 0 Å². The summed E-state index contributed by atoms with van der Waals surface area (Å²) in [5.74, 6) is -0.0249. The molecule has 0 aromatic heterocycles. The molecule has 0 aromatic carbocycles. The summed E-state index contributed by atoms with van der Waals surface area (Å²) in [6, 6.07) is 0. The number of carbonyl (C=O) groups is 1. The minimum Gasteiger partial charge on any atom is -0.388 e. The maximum atomic E-state index is 11.7. The zero-order chi connectivity index (χ0) is 10.2. The molecule has 1 amide bonds. The SMILES string of the molecule is CC(C)(C)C(=O)N1C[C@H](O)[C@@H](O)C1. The summed E-state index contributed by atoms with van der Waals surface area (Å²) in [5.41, 5.74) is -0.441. The minimum absolute atomic E-state index is 0.0249. The molecule has 0 radical (unpaired) electrons. The molecule has 0 unspecified atom stereocenters. The first-order valence-corrected chi connectivity index (χ1v) is 4.48. The first kappa shape index (κ1) is 10.5. The average Bonchev–Trinajstić information content (AvgIpc) is 2.29. The highest BCUT2D eigenvalue weighted by molar-refractivity contribution is 5.81. The molecule has 0 spiro atoms. The van der Waals surface area contributed by atoms with Crippen molar-refractivity contribution in [3.8, 4) is 0 Å². The zero-order valence-corrected chi connectivity index (χ0v) is 8.32. The van der Waals surface area contributed by atoms with E-state index >= 15 is 0 Å². The summed E-state index contributed by atoms with van der Waals surface area (Å²) in [7, 11) is 0. The number of nitrogens with zero attached hydrogens (tertiary/aromatic N) is 1. The van der Waals surface area contributed by atoms with E-state index < -0.39 is 17.6 Å². The van der Waals surface area contributed by atoms with Crippen molar-refractivity contribution in [3.63, 3.8) is 0 Å². The van der Waals surface area contributed by atoms with Crippen LogP contribution in [0.1, 0.15) is 20.8 Å². The second-order valence-corrected chi connectivity index (χ2v) is 4.59. The van der Waals surface area contributed by atoms with E-state index in [1.54, 1.807) is 0 Å². The summed E-state index contributed by atoms with van der Waals surface area (Å²) >= 11 is 0. The highest BCUT2D eigenvalue weighted by Gasteiger charge is 2.36. The highest BCUT2D eigenvalue weighted by atomic mass is 16.3. The molecule has 0 aliphatic carbocycles. The third-order valence-electron chi connectivity index (χ3n) is 2.19. The van der Waals surface area contributed by atoms with Crippen LogP contribution in [0, 0.1) is 5.41 Å². The van der Waals surface area contributed by atoms with Gasteiger partial charge in [0.15, 0.2) is 0 Å². The predicted molar refractivity (Wildman–Crippen MR) is 48.0 cm³/mol. The van der Waals surface area contributed by atoms with E-state index in [2.05, 4.69) is 0 Å². The van der Waals surface area contributed by atoms with Crippen molar-refractivity contribution in [3.05, 3.63) is 0 Å². The van der Waals surface area contributed by atoms with Gasteiger partial charge >= 0.3 is 0 Å². The lowest BCUT2D eigenvalue weighted by Gasteiger charge is -2.25. The summed E-state index contributed by atoms with van der Waals surface area (Å²) in [5, 5.41) is 18.5. The largest absolute Gasteiger partial charge is 0.388 e. The molecule has 1 saturated heterocycles. The van der Waals surface area contributed by atoms with Gasteiger partial charge in [-0.15, -0.1) is 0 Å². The lowest BCUT2D eigenvalue weighted by molar-refractivity contribution is -0.138. The quantitative estimate of drug-likeness (QED) is 0.542. The van der Waals surface area contributed by atoms with Crippen molar-refractivity contribution in [2.75, 3.05) is 13.1 Å². The Labute approximate surface area is 78.2 Å². The van der Waals surface area contributed by atoms with E-state index in [4.69, 9.17) is 0 Å². The van der Waals surface area contributed by atoms with E-state index in [-0.39, 0.29) is 19.0 Å². The Hall–Kier alpha value is -0.610. The van der Waals surface area contributed by atoms with Gasteiger partial charge in [0, 0.05) is 18.5 Å². The van der Waals surface area contributed by atoms with Gasteiger partial charge in [-0.2, -0.15) is 0 Å². The second kappa shape index (κ2) is 3.27. The number of aliphatic hydroxyl groups is 2. The lowest BCUT2D eigenvalue weighted by Crippen LogP contribution is -2.38. The van der Waals surface area contributed by atoms with Crippen molar-refractivity contribution in [2.24, 2.45) is 5.41 Å². The number of hydrogen-bond donors (Lipinski definition) is 2. The molecule has 2 atom stereocenters. The van der Waals surface area contributed by atoms with Gasteiger partial charge in [0.1, 0.15) is 0 Å². The number of rotatable bonds is 0. The molecule has 0 saturated carbocycles. The zero-order valence-electron chi connectivity index (χ0n) is 8.32. The maximum Gasteiger partial charge on any atom is 0.228 e. The van der Waals surface area contributed by atoms with E-state index in [1.807, 2.05) is 20.8 Å². The van der Waals surface area contributed by atoms with Gasteiger partial charge < -0.3 is 15.1 Å². The number of likely N-dealkylation sites (tertiary alicyclic amines) is 1. The van der Waals surface area contributed by atoms with Gasteiger partial charge in [-0.1, -0.05) is 20.8 Å². The summed E-state index contributed by atoms with van der Waals surface area (Å²) < 4.78 is 0. The monoisotopic (exact) mass is 187 g/mol. The van der Waals surface area contributed by atoms with Gasteiger partial charge in [0.05, 0.1) is 12.2 Å². The normalized spacial score (nSPS) is 29.5. The van der Waals surface area contributed by atoms with E-state index in [0.717, 1.165) is 0 Å². The Morgan fingerprint density at radius 1 is 1.23 bits per heavy atom. The average molecular weight is 187 g/mol. The van der Waals surface area contributed by atoms with E-state index in [1.165, 1.54) is 4.90 Å². The Balaban J connectivity index is 2.61. The molecule has 2 N–H and O–H groups in total. The molecular weight excluding hydrogens is 170 g/mol. The Morgan fingerprint density at radius 2 is 1.62 bits per heavy atom. The number of aliphatic hydroxyl groups excluding tert-OH is 2. The van der Waals surface area contributed by atoms with E-state index in [0.29, 0.717) is 0 Å². The highest BCUT2D eigenvalue weighted by Crippen LogP contribution is 2.21. The third kappa shape index (κ3) is 2.19. The molecule has 13 heavy (non-hydrogen) atoms. The molecule has 1 heterocycles. The Kier molecular flexibility index (Phi) is 2.63. The Morgan fingerprint density at radius 3 is 1.92 bits per heavy atom. The fourth-order valence-corrected chi connectivity index (χ4v) is 1.41. The van der Waals surface area contributed by atoms with Gasteiger partial charge in [-0.05, 0) is 0 Å². The molecule has 4 nitrogen and oxygen atoms in total. The first-order valence-electron chi connectivity index (χ1n) is 4.48. The maximum absolute atomic E-state index is 11.7. The van der Waals surface area contributed by atoms with Crippen LogP contribution in [0.15, 0.2) is 0 Å². The van der Waals surface area contributed by atoms with Crippen LogP contribution in [0.25, 0.3) is 0 Å². The van der Waals surface area contributed by atoms with E-state index in [9.17, 15) is 15.0 Å². The van der Waals surface area contributed by atoms with Crippen molar-refractivity contribution in [1.29, 1.82) is 0 Å². The topological polar surface area (TPSA) is 60.8 Å². The molecule has 1 rings (SSSR count).